The SMILES string of the molecule is CN1C(=O)[C@](C)(CSC(F)(F)F)c2ccccc21. The molecule has 0 unspecified atom stereocenters. The lowest BCUT2D eigenvalue weighted by atomic mass is 9.86. The summed E-state index contributed by atoms with van der Waals surface area (Å²) in [7, 11) is 1.59. The van der Waals surface area contributed by atoms with E-state index in [9.17, 15) is 18.0 Å². The zero-order chi connectivity index (χ0) is 13.6. The third-order valence-electron chi connectivity index (χ3n) is 3.16. The summed E-state index contributed by atoms with van der Waals surface area (Å²) in [5.74, 6) is -0.586. The van der Waals surface area contributed by atoms with Crippen LogP contribution < -0.4 is 4.90 Å². The maximum Gasteiger partial charge on any atom is 0.441 e. The Morgan fingerprint density at radius 2 is 1.94 bits per heavy atom. The Morgan fingerprint density at radius 1 is 1.33 bits per heavy atom. The predicted octanol–water partition coefficient (Wildman–Crippen LogP) is 3.17. The number of carbonyl (C=O) groups is 1. The van der Waals surface area contributed by atoms with Crippen molar-refractivity contribution in [2.45, 2.75) is 17.8 Å². The van der Waals surface area contributed by atoms with Crippen molar-refractivity contribution in [3.63, 3.8) is 0 Å². The number of amides is 1. The normalized spacial score (nSPS) is 23.4. The van der Waals surface area contributed by atoms with Crippen LogP contribution in [0.5, 0.6) is 0 Å². The molecule has 0 N–H and O–H groups in total. The average molecular weight is 275 g/mol. The predicted molar refractivity (Wildman–Crippen MR) is 65.7 cm³/mol. The molecule has 18 heavy (non-hydrogen) atoms. The first-order chi connectivity index (χ1) is 8.26. The number of alkyl halides is 3. The number of hydrogen-bond donors (Lipinski definition) is 0. The van der Waals surface area contributed by atoms with Crippen molar-refractivity contribution in [1.29, 1.82) is 0 Å². The Morgan fingerprint density at radius 3 is 2.56 bits per heavy atom. The highest BCUT2D eigenvalue weighted by molar-refractivity contribution is 8.00. The number of carbonyl (C=O) groups excluding carboxylic acids is 1. The molecule has 1 aromatic rings. The molecule has 1 aliphatic rings. The Balaban J connectivity index is 2.35. The minimum Gasteiger partial charge on any atom is -0.314 e. The van der Waals surface area contributed by atoms with Gasteiger partial charge in [-0.15, -0.1) is 0 Å². The van der Waals surface area contributed by atoms with Crippen molar-refractivity contribution in [2.75, 3.05) is 17.7 Å². The third-order valence-corrected chi connectivity index (χ3v) is 4.21. The van der Waals surface area contributed by atoms with Gasteiger partial charge in [0.05, 0.1) is 5.41 Å². The summed E-state index contributed by atoms with van der Waals surface area (Å²) in [6, 6.07) is 6.97. The van der Waals surface area contributed by atoms with Crippen molar-refractivity contribution in [3.05, 3.63) is 29.8 Å². The highest BCUT2D eigenvalue weighted by Crippen LogP contribution is 2.45. The number of hydrogen-bond acceptors (Lipinski definition) is 2. The molecule has 0 saturated carbocycles. The molecule has 1 aliphatic heterocycles. The lowest BCUT2D eigenvalue weighted by molar-refractivity contribution is -0.121. The van der Waals surface area contributed by atoms with Gasteiger partial charge in [0.15, 0.2) is 0 Å². The van der Waals surface area contributed by atoms with E-state index in [-0.39, 0.29) is 23.4 Å². The van der Waals surface area contributed by atoms with Crippen LogP contribution in [0.4, 0.5) is 18.9 Å². The molecule has 2 rings (SSSR count). The number of rotatable bonds is 2. The Kier molecular flexibility index (Phi) is 3.09. The second kappa shape index (κ2) is 4.19. The molecule has 0 fully saturated rings. The lowest BCUT2D eigenvalue weighted by Crippen LogP contribution is -2.38. The standard InChI is InChI=1S/C12H12F3NOS/c1-11(7-18-12(13,14)15)8-5-3-4-6-9(8)16(2)10(11)17/h3-6H,7H2,1-2H3/t11-/m1/s1. The monoisotopic (exact) mass is 275 g/mol. The molecule has 2 nitrogen and oxygen atoms in total. The van der Waals surface area contributed by atoms with Crippen LogP contribution in [0.15, 0.2) is 24.3 Å². The summed E-state index contributed by atoms with van der Waals surface area (Å²) in [4.78, 5) is 13.6. The van der Waals surface area contributed by atoms with Crippen LogP contribution in [-0.4, -0.2) is 24.2 Å². The maximum absolute atomic E-state index is 12.3. The smallest absolute Gasteiger partial charge is 0.314 e. The summed E-state index contributed by atoms with van der Waals surface area (Å²) in [6.07, 6.45) is 0. The van der Waals surface area contributed by atoms with Crippen LogP contribution in [0, 0.1) is 0 Å². The average Bonchev–Trinajstić information content (AvgIpc) is 2.50. The number of anilines is 1. The maximum atomic E-state index is 12.3. The summed E-state index contributed by atoms with van der Waals surface area (Å²) >= 11 is -0.148. The summed E-state index contributed by atoms with van der Waals surface area (Å²) in [6.45, 7) is 1.57. The zero-order valence-corrected chi connectivity index (χ0v) is 10.7. The first kappa shape index (κ1) is 13.3. The third kappa shape index (κ3) is 2.09. The topological polar surface area (TPSA) is 20.3 Å². The molecular weight excluding hydrogens is 263 g/mol. The van der Waals surface area contributed by atoms with Gasteiger partial charge in [-0.2, -0.15) is 13.2 Å². The molecule has 1 aromatic carbocycles. The summed E-state index contributed by atoms with van der Waals surface area (Å²) < 4.78 is 37.0. The van der Waals surface area contributed by atoms with Crippen molar-refractivity contribution < 1.29 is 18.0 Å². The van der Waals surface area contributed by atoms with Crippen molar-refractivity contribution in [2.24, 2.45) is 0 Å². The highest BCUT2D eigenvalue weighted by Gasteiger charge is 2.47. The minimum absolute atomic E-state index is 0.148. The molecular formula is C12H12F3NOS. The number of likely N-dealkylation sites (N-methyl/N-ethyl adjacent to an activating group) is 1. The molecule has 0 saturated heterocycles. The molecule has 6 heteroatoms. The van der Waals surface area contributed by atoms with Gasteiger partial charge in [0.2, 0.25) is 5.91 Å². The van der Waals surface area contributed by atoms with Crippen molar-refractivity contribution >= 4 is 23.4 Å². The van der Waals surface area contributed by atoms with E-state index in [0.29, 0.717) is 11.3 Å². The van der Waals surface area contributed by atoms with Gasteiger partial charge in [-0.25, -0.2) is 0 Å². The summed E-state index contributed by atoms with van der Waals surface area (Å²) in [5.41, 5.74) is -4.08. The fourth-order valence-corrected chi connectivity index (χ4v) is 2.92. The molecule has 0 aromatic heterocycles. The van der Waals surface area contributed by atoms with E-state index in [1.165, 1.54) is 4.90 Å². The van der Waals surface area contributed by atoms with E-state index in [4.69, 9.17) is 0 Å². The van der Waals surface area contributed by atoms with Crippen LogP contribution in [0.25, 0.3) is 0 Å². The van der Waals surface area contributed by atoms with Crippen molar-refractivity contribution in [3.8, 4) is 0 Å². The fraction of sp³-hybridized carbons (Fsp3) is 0.417. The van der Waals surface area contributed by atoms with Gasteiger partial charge in [-0.05, 0) is 30.3 Å². The quantitative estimate of drug-likeness (QED) is 0.826. The number of fused-ring (bicyclic) bond motifs is 1. The lowest BCUT2D eigenvalue weighted by Gasteiger charge is -2.23. The fourth-order valence-electron chi connectivity index (χ4n) is 2.19. The molecule has 1 heterocycles. The van der Waals surface area contributed by atoms with Gasteiger partial charge < -0.3 is 4.90 Å². The number of para-hydroxylation sites is 1. The Labute approximate surface area is 107 Å². The first-order valence-corrected chi connectivity index (χ1v) is 6.32. The van der Waals surface area contributed by atoms with Crippen LogP contribution in [0.3, 0.4) is 0 Å². The van der Waals surface area contributed by atoms with Gasteiger partial charge in [-0.3, -0.25) is 4.79 Å². The van der Waals surface area contributed by atoms with Gasteiger partial charge in [0, 0.05) is 18.5 Å². The van der Waals surface area contributed by atoms with Gasteiger partial charge in [0.25, 0.3) is 0 Å². The van der Waals surface area contributed by atoms with Crippen LogP contribution in [0.2, 0.25) is 0 Å². The largest absolute Gasteiger partial charge is 0.441 e. The summed E-state index contributed by atoms with van der Waals surface area (Å²) in [5, 5.41) is 0. The number of benzene rings is 1. The van der Waals surface area contributed by atoms with E-state index in [0.717, 1.165) is 0 Å². The van der Waals surface area contributed by atoms with Crippen LogP contribution in [-0.2, 0) is 10.2 Å². The highest BCUT2D eigenvalue weighted by atomic mass is 32.2. The molecule has 0 radical (unpaired) electrons. The second-order valence-electron chi connectivity index (χ2n) is 4.45. The molecule has 0 bridgehead atoms. The Bertz CT molecular complexity index is 488. The molecule has 1 atom stereocenters. The van der Waals surface area contributed by atoms with Gasteiger partial charge in [-0.1, -0.05) is 18.2 Å². The van der Waals surface area contributed by atoms with Crippen molar-refractivity contribution in [1.82, 2.24) is 0 Å². The molecule has 0 spiro atoms. The van der Waals surface area contributed by atoms with Gasteiger partial charge in [0.1, 0.15) is 0 Å². The number of halogens is 3. The van der Waals surface area contributed by atoms with Gasteiger partial charge >= 0.3 is 5.51 Å². The second-order valence-corrected chi connectivity index (χ2v) is 5.49. The Hall–Kier alpha value is -1.17. The number of nitrogens with zero attached hydrogens (tertiary/aromatic N) is 1. The molecule has 0 aliphatic carbocycles. The first-order valence-electron chi connectivity index (χ1n) is 5.34. The molecule has 98 valence electrons. The minimum atomic E-state index is -4.32. The van der Waals surface area contributed by atoms with E-state index >= 15 is 0 Å². The van der Waals surface area contributed by atoms with E-state index < -0.39 is 10.9 Å². The zero-order valence-electron chi connectivity index (χ0n) is 9.91. The van der Waals surface area contributed by atoms with Crippen LogP contribution in [0.1, 0.15) is 12.5 Å². The number of thioether (sulfide) groups is 1. The molecule has 1 amide bonds. The van der Waals surface area contributed by atoms with Crippen LogP contribution >= 0.6 is 11.8 Å². The van der Waals surface area contributed by atoms with E-state index in [2.05, 4.69) is 0 Å². The van der Waals surface area contributed by atoms with E-state index in [1.807, 2.05) is 0 Å². The van der Waals surface area contributed by atoms with E-state index in [1.54, 1.807) is 38.2 Å².